The van der Waals surface area contributed by atoms with Gasteiger partial charge in [-0.15, -0.1) is 0 Å². The standard InChI is InChI=1S/C50H103N2O6P/c1-6-8-10-12-14-16-17-18-19-20-21-22-23-24-25-26-27-28-29-30-31-32-33-34-35-36-38-40-42-44-50(54)51-48(47-58-59(55,56)57-46-45-52(3,4)5)49(53)43-41-39-37-15-13-11-9-7-2/h48-49,53H,6-47H2,1-5H3,(H-,51,54,55,56). The summed E-state index contributed by atoms with van der Waals surface area (Å²) in [7, 11) is 1.32. The van der Waals surface area contributed by atoms with E-state index < -0.39 is 20.0 Å². The summed E-state index contributed by atoms with van der Waals surface area (Å²) in [5, 5.41) is 13.8. The first-order valence-corrected chi connectivity index (χ1v) is 27.3. The molecule has 1 amide bonds. The Kier molecular flexibility index (Phi) is 42.4. The zero-order chi connectivity index (χ0) is 43.6. The van der Waals surface area contributed by atoms with Crippen LogP contribution in [0.25, 0.3) is 0 Å². The van der Waals surface area contributed by atoms with Crippen LogP contribution in [0.2, 0.25) is 0 Å². The number of carbonyl (C=O) groups excluding carboxylic acids is 1. The highest BCUT2D eigenvalue weighted by Crippen LogP contribution is 2.38. The SMILES string of the molecule is CCCCCCCCCCCCCCCCCCCCCCCCCCCCCCCC(=O)NC(COP(=O)([O-])OCC[N+](C)(C)C)C(O)CCCCCCCCCC. The minimum atomic E-state index is -4.55. The van der Waals surface area contributed by atoms with Crippen LogP contribution < -0.4 is 10.2 Å². The van der Waals surface area contributed by atoms with E-state index >= 15 is 0 Å². The van der Waals surface area contributed by atoms with Crippen molar-refractivity contribution in [1.29, 1.82) is 0 Å². The molecule has 0 radical (unpaired) electrons. The predicted octanol–water partition coefficient (Wildman–Crippen LogP) is 14.3. The van der Waals surface area contributed by atoms with Crippen LogP contribution in [0, 0.1) is 0 Å². The number of hydrogen-bond donors (Lipinski definition) is 2. The van der Waals surface area contributed by atoms with Crippen molar-refractivity contribution in [1.82, 2.24) is 5.32 Å². The van der Waals surface area contributed by atoms with Gasteiger partial charge in [-0.3, -0.25) is 9.36 Å². The van der Waals surface area contributed by atoms with Crippen LogP contribution in [0.3, 0.4) is 0 Å². The molecule has 3 unspecified atom stereocenters. The van der Waals surface area contributed by atoms with E-state index in [1.165, 1.54) is 199 Å². The molecule has 0 spiro atoms. The van der Waals surface area contributed by atoms with Gasteiger partial charge in [0.05, 0.1) is 39.9 Å². The van der Waals surface area contributed by atoms with Crippen LogP contribution in [0.15, 0.2) is 0 Å². The summed E-state index contributed by atoms with van der Waals surface area (Å²) in [4.78, 5) is 25.3. The van der Waals surface area contributed by atoms with E-state index in [-0.39, 0.29) is 19.1 Å². The number of phosphoric ester groups is 1. The number of nitrogens with zero attached hydrogens (tertiary/aromatic N) is 1. The molecule has 0 aromatic heterocycles. The molecule has 9 heteroatoms. The van der Waals surface area contributed by atoms with Crippen molar-refractivity contribution in [3.05, 3.63) is 0 Å². The Morgan fingerprint density at radius 1 is 0.525 bits per heavy atom. The maximum atomic E-state index is 12.9. The molecule has 3 atom stereocenters. The topological polar surface area (TPSA) is 108 Å². The lowest BCUT2D eigenvalue weighted by atomic mass is 10.0. The van der Waals surface area contributed by atoms with Gasteiger partial charge in [0.15, 0.2) is 0 Å². The molecule has 0 aliphatic carbocycles. The Morgan fingerprint density at radius 3 is 1.15 bits per heavy atom. The minimum absolute atomic E-state index is 0.0157. The van der Waals surface area contributed by atoms with Crippen molar-refractivity contribution in [3.8, 4) is 0 Å². The second-order valence-corrected chi connectivity index (χ2v) is 20.7. The van der Waals surface area contributed by atoms with E-state index in [1.54, 1.807) is 0 Å². The van der Waals surface area contributed by atoms with Gasteiger partial charge in [-0.2, -0.15) is 0 Å². The van der Waals surface area contributed by atoms with Crippen molar-refractivity contribution in [3.63, 3.8) is 0 Å². The average Bonchev–Trinajstić information content (AvgIpc) is 3.19. The van der Waals surface area contributed by atoms with Gasteiger partial charge in [0.25, 0.3) is 7.82 Å². The monoisotopic (exact) mass is 859 g/mol. The summed E-state index contributed by atoms with van der Waals surface area (Å²) < 4.78 is 23.2. The Labute approximate surface area is 368 Å². The molecule has 0 fully saturated rings. The van der Waals surface area contributed by atoms with Gasteiger partial charge in [0.2, 0.25) is 5.91 Å². The molecule has 354 valence electrons. The quantitative estimate of drug-likeness (QED) is 0.0358. The Hall–Kier alpha value is -0.500. The van der Waals surface area contributed by atoms with E-state index in [2.05, 4.69) is 19.2 Å². The smallest absolute Gasteiger partial charge is 0.268 e. The summed E-state index contributed by atoms with van der Waals surface area (Å²) in [5.74, 6) is -0.162. The molecule has 0 heterocycles. The van der Waals surface area contributed by atoms with Crippen LogP contribution in [-0.2, 0) is 18.4 Å². The number of quaternary nitrogens is 1. The van der Waals surface area contributed by atoms with Gasteiger partial charge in [-0.1, -0.05) is 245 Å². The summed E-state index contributed by atoms with van der Waals surface area (Å²) in [6, 6.07) is -0.792. The van der Waals surface area contributed by atoms with Crippen LogP contribution in [-0.4, -0.2) is 68.5 Å². The Morgan fingerprint density at radius 2 is 0.831 bits per heavy atom. The molecule has 0 aliphatic heterocycles. The number of aliphatic hydroxyl groups is 1. The molecular weight excluding hydrogens is 756 g/mol. The summed E-state index contributed by atoms with van der Waals surface area (Å²) >= 11 is 0. The van der Waals surface area contributed by atoms with E-state index in [4.69, 9.17) is 9.05 Å². The second kappa shape index (κ2) is 42.8. The van der Waals surface area contributed by atoms with Gasteiger partial charge in [0.1, 0.15) is 13.2 Å². The average molecular weight is 859 g/mol. The van der Waals surface area contributed by atoms with Crippen molar-refractivity contribution in [2.75, 3.05) is 40.9 Å². The Balaban J connectivity index is 3.90. The zero-order valence-electron chi connectivity index (χ0n) is 40.2. The van der Waals surface area contributed by atoms with Gasteiger partial charge >= 0.3 is 0 Å². The number of rotatable bonds is 48. The summed E-state index contributed by atoms with van der Waals surface area (Å²) in [6.07, 6.45) is 48.7. The first-order valence-electron chi connectivity index (χ1n) is 25.9. The van der Waals surface area contributed by atoms with E-state index in [1.807, 2.05) is 21.1 Å². The van der Waals surface area contributed by atoms with Crippen LogP contribution in [0.5, 0.6) is 0 Å². The number of nitrogens with one attached hydrogen (secondary N) is 1. The summed E-state index contributed by atoms with van der Waals surface area (Å²) in [5.41, 5.74) is 0. The molecule has 0 saturated heterocycles. The van der Waals surface area contributed by atoms with E-state index in [9.17, 15) is 19.4 Å². The molecule has 8 nitrogen and oxygen atoms in total. The first-order chi connectivity index (χ1) is 28.5. The third kappa shape index (κ3) is 45.3. The Bertz CT molecular complexity index is 932. The molecule has 2 N–H and O–H groups in total. The largest absolute Gasteiger partial charge is 0.756 e. The maximum Gasteiger partial charge on any atom is 0.268 e. The number of aliphatic hydroxyl groups excluding tert-OH is 1. The van der Waals surface area contributed by atoms with Gasteiger partial charge in [-0.25, -0.2) is 0 Å². The number of phosphoric acid groups is 1. The minimum Gasteiger partial charge on any atom is -0.756 e. The first kappa shape index (κ1) is 58.5. The summed E-state index contributed by atoms with van der Waals surface area (Å²) in [6.45, 7) is 4.71. The van der Waals surface area contributed by atoms with Crippen molar-refractivity contribution < 1.29 is 32.9 Å². The van der Waals surface area contributed by atoms with Gasteiger partial charge in [-0.05, 0) is 12.8 Å². The number of unbranched alkanes of at least 4 members (excludes halogenated alkanes) is 35. The lowest BCUT2D eigenvalue weighted by Gasteiger charge is -2.30. The number of hydrogen-bond acceptors (Lipinski definition) is 6. The number of carbonyl (C=O) groups is 1. The fourth-order valence-corrected chi connectivity index (χ4v) is 8.71. The molecule has 0 rings (SSSR count). The molecule has 0 bridgehead atoms. The molecule has 0 aromatic carbocycles. The normalized spacial score (nSPS) is 14.1. The van der Waals surface area contributed by atoms with Gasteiger partial charge in [0, 0.05) is 6.42 Å². The van der Waals surface area contributed by atoms with Crippen molar-refractivity contribution in [2.45, 2.75) is 276 Å². The van der Waals surface area contributed by atoms with E-state index in [0.29, 0.717) is 23.9 Å². The van der Waals surface area contributed by atoms with Crippen molar-refractivity contribution in [2.24, 2.45) is 0 Å². The fourth-order valence-electron chi connectivity index (χ4n) is 7.98. The number of amides is 1. The zero-order valence-corrected chi connectivity index (χ0v) is 41.1. The molecule has 59 heavy (non-hydrogen) atoms. The van der Waals surface area contributed by atoms with Crippen molar-refractivity contribution >= 4 is 13.7 Å². The highest BCUT2D eigenvalue weighted by molar-refractivity contribution is 7.45. The highest BCUT2D eigenvalue weighted by atomic mass is 31.2. The molecule has 0 aliphatic rings. The highest BCUT2D eigenvalue weighted by Gasteiger charge is 2.24. The van der Waals surface area contributed by atoms with Crippen LogP contribution in [0.4, 0.5) is 0 Å². The molecular formula is C50H103N2O6P. The third-order valence-corrected chi connectivity index (χ3v) is 13.1. The maximum absolute atomic E-state index is 12.9. The van der Waals surface area contributed by atoms with Gasteiger partial charge < -0.3 is 28.8 Å². The second-order valence-electron chi connectivity index (χ2n) is 19.2. The molecule has 0 saturated carbocycles. The van der Waals surface area contributed by atoms with E-state index in [0.717, 1.165) is 38.5 Å². The lowest BCUT2D eigenvalue weighted by molar-refractivity contribution is -0.870. The van der Waals surface area contributed by atoms with Crippen LogP contribution in [0.1, 0.15) is 264 Å². The third-order valence-electron chi connectivity index (χ3n) is 12.1. The lowest BCUT2D eigenvalue weighted by Crippen LogP contribution is -2.46. The van der Waals surface area contributed by atoms with Crippen LogP contribution >= 0.6 is 7.82 Å². The number of likely N-dealkylation sites (N-methyl/N-ethyl adjacent to an activating group) is 1. The molecule has 0 aromatic rings. The predicted molar refractivity (Wildman–Crippen MR) is 252 cm³/mol. The fraction of sp³-hybridized carbons (Fsp3) is 0.980.